The Balaban J connectivity index is 4.73. The van der Waals surface area contributed by atoms with E-state index in [1.54, 1.807) is 0 Å². The van der Waals surface area contributed by atoms with Crippen LogP contribution in [0.15, 0.2) is 11.6 Å². The molecule has 0 saturated carbocycles. The highest BCUT2D eigenvalue weighted by molar-refractivity contribution is 5.99. The van der Waals surface area contributed by atoms with Crippen molar-refractivity contribution in [2.45, 2.75) is 26.1 Å². The fourth-order valence-electron chi connectivity index (χ4n) is 0.671. The van der Waals surface area contributed by atoms with E-state index in [0.29, 0.717) is 6.08 Å². The molecule has 0 fully saturated rings. The van der Waals surface area contributed by atoms with Crippen LogP contribution in [0.25, 0.3) is 0 Å². The van der Waals surface area contributed by atoms with Gasteiger partial charge < -0.3 is 5.11 Å². The van der Waals surface area contributed by atoms with Crippen molar-refractivity contribution in [3.63, 3.8) is 0 Å². The Morgan fingerprint density at radius 1 is 1.50 bits per heavy atom. The molecule has 0 radical (unpaired) electrons. The van der Waals surface area contributed by atoms with Crippen LogP contribution >= 0.6 is 0 Å². The highest BCUT2D eigenvalue weighted by Crippen LogP contribution is 2.26. The molecule has 2 nitrogen and oxygen atoms in total. The van der Waals surface area contributed by atoms with Gasteiger partial charge in [0.05, 0.1) is 5.57 Å². The molecular formula is C7H9F3O2. The number of allylic oxidation sites excluding steroid dienone is 1. The third-order valence-electron chi connectivity index (χ3n) is 1.24. The number of halogens is 3. The summed E-state index contributed by atoms with van der Waals surface area (Å²) in [4.78, 5) is 10.7. The van der Waals surface area contributed by atoms with Gasteiger partial charge in [0.15, 0.2) is 5.78 Å². The number of aliphatic hydroxyl groups is 1. The summed E-state index contributed by atoms with van der Waals surface area (Å²) in [5.41, 5.74) is -1.31. The minimum absolute atomic E-state index is 0.648. The molecule has 0 spiro atoms. The monoisotopic (exact) mass is 182 g/mol. The lowest BCUT2D eigenvalue weighted by molar-refractivity contribution is -0.135. The number of aliphatic hydroxyl groups excluding tert-OH is 1. The number of hydrogen-bond donors (Lipinski definition) is 1. The van der Waals surface area contributed by atoms with Crippen LogP contribution in [-0.2, 0) is 4.79 Å². The van der Waals surface area contributed by atoms with E-state index < -0.39 is 23.6 Å². The molecule has 5 heteroatoms. The molecule has 1 N–H and O–H groups in total. The molecule has 12 heavy (non-hydrogen) atoms. The summed E-state index contributed by atoms with van der Waals surface area (Å²) in [6.07, 6.45) is -5.64. The number of carbonyl (C=O) groups is 1. The van der Waals surface area contributed by atoms with Crippen molar-refractivity contribution < 1.29 is 23.1 Å². The first-order valence-electron chi connectivity index (χ1n) is 3.26. The molecule has 0 aliphatic heterocycles. The third-order valence-corrected chi connectivity index (χ3v) is 1.24. The van der Waals surface area contributed by atoms with Gasteiger partial charge in [0, 0.05) is 0 Å². The number of hydrogen-bond acceptors (Lipinski definition) is 2. The predicted molar refractivity (Wildman–Crippen MR) is 36.5 cm³/mol. The molecule has 0 aromatic carbocycles. The summed E-state index contributed by atoms with van der Waals surface area (Å²) < 4.78 is 35.8. The van der Waals surface area contributed by atoms with Crippen LogP contribution in [0.1, 0.15) is 13.8 Å². The van der Waals surface area contributed by atoms with Gasteiger partial charge in [-0.3, -0.25) is 4.79 Å². The second-order valence-electron chi connectivity index (χ2n) is 2.24. The van der Waals surface area contributed by atoms with Crippen molar-refractivity contribution in [2.24, 2.45) is 0 Å². The van der Waals surface area contributed by atoms with Gasteiger partial charge in [-0.05, 0) is 13.8 Å². The van der Waals surface area contributed by atoms with E-state index in [9.17, 15) is 18.0 Å². The van der Waals surface area contributed by atoms with E-state index in [4.69, 9.17) is 5.11 Å². The number of rotatable bonds is 2. The van der Waals surface area contributed by atoms with Gasteiger partial charge in [-0.15, -0.1) is 0 Å². The lowest BCUT2D eigenvalue weighted by Gasteiger charge is -2.11. The quantitative estimate of drug-likeness (QED) is 0.656. The Bertz CT molecular complexity index is 203. The summed E-state index contributed by atoms with van der Waals surface area (Å²) in [5.74, 6) is -1.30. The Morgan fingerprint density at radius 3 is 2.00 bits per heavy atom. The minimum atomic E-state index is -4.68. The van der Waals surface area contributed by atoms with E-state index in [1.807, 2.05) is 0 Å². The average Bonchev–Trinajstić information content (AvgIpc) is 1.85. The molecule has 70 valence electrons. The summed E-state index contributed by atoms with van der Waals surface area (Å²) in [6, 6.07) is 0. The molecule has 0 aliphatic rings. The van der Waals surface area contributed by atoms with E-state index in [-0.39, 0.29) is 0 Å². The molecule has 0 bridgehead atoms. The van der Waals surface area contributed by atoms with Crippen molar-refractivity contribution in [1.82, 2.24) is 0 Å². The molecule has 0 aliphatic carbocycles. The number of alkyl halides is 3. The second-order valence-corrected chi connectivity index (χ2v) is 2.24. The summed E-state index contributed by atoms with van der Waals surface area (Å²) >= 11 is 0. The SMILES string of the molecule is CC=C(C(=O)C(C)O)C(F)(F)F. The van der Waals surface area contributed by atoms with Gasteiger partial charge in [0.1, 0.15) is 6.10 Å². The highest BCUT2D eigenvalue weighted by Gasteiger charge is 2.38. The van der Waals surface area contributed by atoms with Crippen LogP contribution in [0.4, 0.5) is 13.2 Å². The van der Waals surface area contributed by atoms with Crippen molar-refractivity contribution in [3.8, 4) is 0 Å². The molecule has 0 rings (SSSR count). The lowest BCUT2D eigenvalue weighted by Crippen LogP contribution is -2.27. The maximum Gasteiger partial charge on any atom is 0.419 e. The molecule has 1 unspecified atom stereocenters. The van der Waals surface area contributed by atoms with Crippen molar-refractivity contribution >= 4 is 5.78 Å². The third kappa shape index (κ3) is 2.65. The van der Waals surface area contributed by atoms with Crippen LogP contribution in [0.2, 0.25) is 0 Å². The molecule has 0 saturated heterocycles. The Morgan fingerprint density at radius 2 is 1.92 bits per heavy atom. The maximum absolute atomic E-state index is 11.9. The fraction of sp³-hybridized carbons (Fsp3) is 0.571. The van der Waals surface area contributed by atoms with Crippen LogP contribution in [0.3, 0.4) is 0 Å². The summed E-state index contributed by atoms with van der Waals surface area (Å²) in [7, 11) is 0. The van der Waals surface area contributed by atoms with Crippen molar-refractivity contribution in [2.75, 3.05) is 0 Å². The van der Waals surface area contributed by atoms with E-state index in [1.165, 1.54) is 0 Å². The normalized spacial score (nSPS) is 16.0. The Kier molecular flexibility index (Phi) is 3.45. The van der Waals surface area contributed by atoms with E-state index in [0.717, 1.165) is 13.8 Å². The fourth-order valence-corrected chi connectivity index (χ4v) is 0.671. The smallest absolute Gasteiger partial charge is 0.385 e. The van der Waals surface area contributed by atoms with Crippen molar-refractivity contribution in [3.05, 3.63) is 11.6 Å². The van der Waals surface area contributed by atoms with Crippen LogP contribution in [0, 0.1) is 0 Å². The number of Topliss-reactive ketones (excluding diaryl/α,β-unsaturated/α-hetero) is 1. The maximum atomic E-state index is 11.9. The van der Waals surface area contributed by atoms with Gasteiger partial charge in [-0.25, -0.2) is 0 Å². The Hall–Kier alpha value is -0.840. The Labute approximate surface area is 67.7 Å². The first-order valence-corrected chi connectivity index (χ1v) is 3.26. The molecule has 0 aromatic rings. The van der Waals surface area contributed by atoms with Gasteiger partial charge in [-0.2, -0.15) is 13.2 Å². The average molecular weight is 182 g/mol. The minimum Gasteiger partial charge on any atom is -0.385 e. The van der Waals surface area contributed by atoms with Gasteiger partial charge >= 0.3 is 6.18 Å². The van der Waals surface area contributed by atoms with Crippen molar-refractivity contribution in [1.29, 1.82) is 0 Å². The van der Waals surface area contributed by atoms with Crippen LogP contribution < -0.4 is 0 Å². The van der Waals surface area contributed by atoms with Gasteiger partial charge in [-0.1, -0.05) is 6.08 Å². The standard InChI is InChI=1S/C7H9F3O2/c1-3-5(7(8,9)10)6(12)4(2)11/h3-4,11H,1-2H3. The lowest BCUT2D eigenvalue weighted by atomic mass is 10.1. The second kappa shape index (κ2) is 3.71. The summed E-state index contributed by atoms with van der Waals surface area (Å²) in [6.45, 7) is 2.10. The molecule has 0 amide bonds. The van der Waals surface area contributed by atoms with E-state index in [2.05, 4.69) is 0 Å². The molecule has 1 atom stereocenters. The topological polar surface area (TPSA) is 37.3 Å². The predicted octanol–water partition coefficient (Wildman–Crippen LogP) is 1.44. The zero-order chi connectivity index (χ0) is 9.94. The van der Waals surface area contributed by atoms with Crippen LogP contribution in [0.5, 0.6) is 0 Å². The number of ketones is 1. The molecule has 0 heterocycles. The van der Waals surface area contributed by atoms with Gasteiger partial charge in [0.2, 0.25) is 0 Å². The zero-order valence-corrected chi connectivity index (χ0v) is 6.64. The van der Waals surface area contributed by atoms with Crippen LogP contribution in [-0.4, -0.2) is 23.2 Å². The summed E-state index contributed by atoms with van der Waals surface area (Å²) in [5, 5.41) is 8.60. The zero-order valence-electron chi connectivity index (χ0n) is 6.64. The molecule has 0 aromatic heterocycles. The molecular weight excluding hydrogens is 173 g/mol. The number of carbonyl (C=O) groups excluding carboxylic acids is 1. The largest absolute Gasteiger partial charge is 0.419 e. The highest BCUT2D eigenvalue weighted by atomic mass is 19.4. The van der Waals surface area contributed by atoms with E-state index >= 15 is 0 Å². The van der Waals surface area contributed by atoms with Gasteiger partial charge in [0.25, 0.3) is 0 Å². The first kappa shape index (κ1) is 11.2. The first-order chi connectivity index (χ1) is 5.30.